The number of halogens is 1. The summed E-state index contributed by atoms with van der Waals surface area (Å²) in [5.74, 6) is 0.805. The Morgan fingerprint density at radius 3 is 2.81 bits per heavy atom. The fourth-order valence-electron chi connectivity index (χ4n) is 2.44. The van der Waals surface area contributed by atoms with Crippen molar-refractivity contribution in [1.29, 1.82) is 0 Å². The first-order valence-corrected chi connectivity index (χ1v) is 9.96. The van der Waals surface area contributed by atoms with E-state index in [4.69, 9.17) is 4.74 Å². The molecule has 7 heteroatoms. The summed E-state index contributed by atoms with van der Waals surface area (Å²) in [7, 11) is 1.79. The molecule has 1 aromatic carbocycles. The van der Waals surface area contributed by atoms with Gasteiger partial charge in [-0.1, -0.05) is 18.2 Å². The molecule has 0 aliphatic heterocycles. The quantitative estimate of drug-likeness (QED) is 0.547. The molecule has 5 nitrogen and oxygen atoms in total. The highest BCUT2D eigenvalue weighted by molar-refractivity contribution is 9.10. The Hall–Kier alpha value is -2.12. The van der Waals surface area contributed by atoms with Gasteiger partial charge in [-0.2, -0.15) is 5.10 Å². The Bertz CT molecular complexity index is 876. The third kappa shape index (κ3) is 4.53. The lowest BCUT2D eigenvalue weighted by Crippen LogP contribution is -2.25. The highest BCUT2D eigenvalue weighted by Gasteiger charge is 2.17. The van der Waals surface area contributed by atoms with Crippen LogP contribution in [0.1, 0.15) is 27.9 Å². The summed E-state index contributed by atoms with van der Waals surface area (Å²) >= 11 is 4.94. The fourth-order valence-corrected chi connectivity index (χ4v) is 3.77. The minimum absolute atomic E-state index is 0.0149. The van der Waals surface area contributed by atoms with Crippen LogP contribution in [0.3, 0.4) is 0 Å². The van der Waals surface area contributed by atoms with Crippen molar-refractivity contribution >= 4 is 33.2 Å². The summed E-state index contributed by atoms with van der Waals surface area (Å²) in [6, 6.07) is 11.5. The van der Waals surface area contributed by atoms with E-state index in [1.807, 2.05) is 59.6 Å². The van der Waals surface area contributed by atoms with Crippen molar-refractivity contribution in [2.24, 2.45) is 0 Å². The largest absolute Gasteiger partial charge is 0.489 e. The Morgan fingerprint density at radius 2 is 2.12 bits per heavy atom. The minimum Gasteiger partial charge on any atom is -0.489 e. The van der Waals surface area contributed by atoms with E-state index >= 15 is 0 Å². The van der Waals surface area contributed by atoms with Crippen LogP contribution in [0, 0.1) is 0 Å². The second kappa shape index (κ2) is 8.51. The van der Waals surface area contributed by atoms with E-state index in [1.165, 1.54) is 11.3 Å². The maximum Gasteiger partial charge on any atom is 0.264 e. The van der Waals surface area contributed by atoms with Gasteiger partial charge in [0.25, 0.3) is 5.91 Å². The number of carbonyl (C=O) groups excluding carboxylic acids is 1. The van der Waals surface area contributed by atoms with Crippen LogP contribution in [0.4, 0.5) is 0 Å². The molecule has 0 saturated carbocycles. The van der Waals surface area contributed by atoms with E-state index in [0.29, 0.717) is 18.0 Å². The number of ether oxygens (including phenoxy) is 1. The van der Waals surface area contributed by atoms with Gasteiger partial charge < -0.3 is 9.64 Å². The summed E-state index contributed by atoms with van der Waals surface area (Å²) in [4.78, 5) is 15.1. The molecule has 0 fully saturated rings. The van der Waals surface area contributed by atoms with Crippen molar-refractivity contribution in [1.82, 2.24) is 14.7 Å². The summed E-state index contributed by atoms with van der Waals surface area (Å²) < 4.78 is 8.50. The van der Waals surface area contributed by atoms with Gasteiger partial charge >= 0.3 is 0 Å². The van der Waals surface area contributed by atoms with Gasteiger partial charge in [0.15, 0.2) is 0 Å². The molecule has 0 radical (unpaired) electrons. The first-order chi connectivity index (χ1) is 12.6. The molecular formula is C19H20BrN3O2S. The highest BCUT2D eigenvalue weighted by Crippen LogP contribution is 2.21. The van der Waals surface area contributed by atoms with E-state index in [-0.39, 0.29) is 5.91 Å². The number of hydrogen-bond acceptors (Lipinski definition) is 4. The van der Waals surface area contributed by atoms with Crippen LogP contribution in [0.15, 0.2) is 52.4 Å². The van der Waals surface area contributed by atoms with Gasteiger partial charge in [-0.15, -0.1) is 11.3 Å². The molecule has 0 atom stereocenters. The van der Waals surface area contributed by atoms with Gasteiger partial charge in [0.1, 0.15) is 12.4 Å². The van der Waals surface area contributed by atoms with E-state index in [1.54, 1.807) is 11.9 Å². The predicted molar refractivity (Wildman–Crippen MR) is 106 cm³/mol. The van der Waals surface area contributed by atoms with Crippen molar-refractivity contribution in [2.75, 3.05) is 7.05 Å². The number of thiophene rings is 1. The molecule has 0 N–H and O–H groups in total. The molecular weight excluding hydrogens is 414 g/mol. The van der Waals surface area contributed by atoms with Crippen molar-refractivity contribution in [3.8, 4) is 5.75 Å². The van der Waals surface area contributed by atoms with Crippen molar-refractivity contribution in [3.63, 3.8) is 0 Å². The maximum atomic E-state index is 12.7. The van der Waals surface area contributed by atoms with E-state index in [2.05, 4.69) is 21.0 Å². The van der Waals surface area contributed by atoms with Crippen LogP contribution < -0.4 is 4.74 Å². The van der Waals surface area contributed by atoms with Crippen LogP contribution in [-0.2, 0) is 19.7 Å². The van der Waals surface area contributed by atoms with Gasteiger partial charge in [0.2, 0.25) is 0 Å². The standard InChI is InChI=1S/C19H20BrN3O2S/c1-3-23-10-16(20)17(21-23)11-22(2)19(24)18-9-14(13-26-18)12-25-15-7-5-4-6-8-15/h4-10,13H,3,11-12H2,1-2H3. The number of rotatable bonds is 7. The maximum absolute atomic E-state index is 12.7. The molecule has 0 saturated heterocycles. The second-order valence-corrected chi connectivity index (χ2v) is 7.63. The molecule has 136 valence electrons. The zero-order chi connectivity index (χ0) is 18.5. The topological polar surface area (TPSA) is 47.4 Å². The summed E-state index contributed by atoms with van der Waals surface area (Å²) in [5, 5.41) is 6.44. The number of aryl methyl sites for hydroxylation is 1. The third-order valence-corrected chi connectivity index (χ3v) is 5.49. The number of benzene rings is 1. The number of para-hydroxylation sites is 1. The average Bonchev–Trinajstić information content (AvgIpc) is 3.27. The van der Waals surface area contributed by atoms with Crippen LogP contribution in [0.5, 0.6) is 5.75 Å². The van der Waals surface area contributed by atoms with Crippen LogP contribution in [0.2, 0.25) is 0 Å². The van der Waals surface area contributed by atoms with Crippen molar-refractivity contribution in [3.05, 3.63) is 68.6 Å². The minimum atomic E-state index is -0.0149. The van der Waals surface area contributed by atoms with Crippen LogP contribution >= 0.6 is 27.3 Å². The summed E-state index contributed by atoms with van der Waals surface area (Å²) in [5.41, 5.74) is 1.85. The molecule has 0 spiro atoms. The lowest BCUT2D eigenvalue weighted by Gasteiger charge is -2.15. The monoisotopic (exact) mass is 433 g/mol. The summed E-state index contributed by atoms with van der Waals surface area (Å²) in [6.45, 7) is 3.73. The van der Waals surface area contributed by atoms with Gasteiger partial charge in [-0.3, -0.25) is 9.48 Å². The molecule has 0 aliphatic carbocycles. The van der Waals surface area contributed by atoms with Crippen molar-refractivity contribution in [2.45, 2.75) is 26.6 Å². The SMILES string of the molecule is CCn1cc(Br)c(CN(C)C(=O)c2cc(COc3ccccc3)cs2)n1. The molecule has 1 amide bonds. The van der Waals surface area contributed by atoms with E-state index < -0.39 is 0 Å². The van der Waals surface area contributed by atoms with E-state index in [9.17, 15) is 4.79 Å². The Balaban J connectivity index is 1.60. The fraction of sp³-hybridized carbons (Fsp3) is 0.263. The molecule has 0 unspecified atom stereocenters. The number of nitrogens with zero attached hydrogens (tertiary/aromatic N) is 3. The highest BCUT2D eigenvalue weighted by atomic mass is 79.9. The molecule has 2 aromatic heterocycles. The normalized spacial score (nSPS) is 10.7. The second-order valence-electron chi connectivity index (χ2n) is 5.86. The number of amides is 1. The number of carbonyl (C=O) groups is 1. The zero-order valence-electron chi connectivity index (χ0n) is 14.7. The predicted octanol–water partition coefficient (Wildman–Crippen LogP) is 4.58. The lowest BCUT2D eigenvalue weighted by atomic mass is 10.3. The van der Waals surface area contributed by atoms with Crippen molar-refractivity contribution < 1.29 is 9.53 Å². The Labute approximate surface area is 165 Å². The smallest absolute Gasteiger partial charge is 0.264 e. The molecule has 26 heavy (non-hydrogen) atoms. The molecule has 0 bridgehead atoms. The zero-order valence-corrected chi connectivity index (χ0v) is 17.1. The number of aromatic nitrogens is 2. The molecule has 2 heterocycles. The number of hydrogen-bond donors (Lipinski definition) is 0. The van der Waals surface area contributed by atoms with Gasteiger partial charge in [-0.05, 0) is 46.4 Å². The molecule has 3 rings (SSSR count). The average molecular weight is 434 g/mol. The van der Waals surface area contributed by atoms with Crippen LogP contribution in [0.25, 0.3) is 0 Å². The lowest BCUT2D eigenvalue weighted by molar-refractivity contribution is 0.0787. The third-order valence-electron chi connectivity index (χ3n) is 3.86. The molecule has 0 aliphatic rings. The molecule has 3 aromatic rings. The Morgan fingerprint density at radius 1 is 1.35 bits per heavy atom. The van der Waals surface area contributed by atoms with Gasteiger partial charge in [-0.25, -0.2) is 0 Å². The van der Waals surface area contributed by atoms with Gasteiger partial charge in [0.05, 0.1) is 21.6 Å². The first-order valence-electron chi connectivity index (χ1n) is 8.29. The van der Waals surface area contributed by atoms with E-state index in [0.717, 1.165) is 28.0 Å². The van der Waals surface area contributed by atoms with Gasteiger partial charge in [0, 0.05) is 25.4 Å². The van der Waals surface area contributed by atoms with Crippen LogP contribution in [-0.4, -0.2) is 27.6 Å². The summed E-state index contributed by atoms with van der Waals surface area (Å²) in [6.07, 6.45) is 1.93. The Kier molecular flexibility index (Phi) is 6.11. The first kappa shape index (κ1) is 18.7.